The molecule has 0 aliphatic heterocycles. The van der Waals surface area contributed by atoms with Gasteiger partial charge in [-0.25, -0.2) is 0 Å². The summed E-state index contributed by atoms with van der Waals surface area (Å²) in [5, 5.41) is 11.6. The van der Waals surface area contributed by atoms with Crippen LogP contribution in [0.2, 0.25) is 0 Å². The minimum atomic E-state index is -0.496. The van der Waals surface area contributed by atoms with Crippen molar-refractivity contribution in [3.63, 3.8) is 0 Å². The van der Waals surface area contributed by atoms with Gasteiger partial charge in [0.15, 0.2) is 6.29 Å². The van der Waals surface area contributed by atoms with Crippen LogP contribution < -0.4 is 4.74 Å². The number of aliphatic hydroxyl groups is 1. The van der Waals surface area contributed by atoms with E-state index >= 15 is 0 Å². The topological polar surface area (TPSA) is 63.6 Å². The Kier molecular flexibility index (Phi) is 17.7. The van der Waals surface area contributed by atoms with Crippen molar-refractivity contribution in [1.82, 2.24) is 9.80 Å². The Morgan fingerprint density at radius 2 is 0.983 bits per heavy atom. The Labute approximate surface area is 354 Å². The number of nitrogens with zero attached hydrogens (tertiary/aromatic N) is 2. The smallest absolute Gasteiger partial charge is 0.170 e. The van der Waals surface area contributed by atoms with Gasteiger partial charge in [-0.2, -0.15) is 0 Å². The van der Waals surface area contributed by atoms with Crippen LogP contribution in [0.5, 0.6) is 5.75 Å². The summed E-state index contributed by atoms with van der Waals surface area (Å²) in [7, 11) is 2.06. The number of rotatable bonds is 23. The number of likely N-dealkylation sites (N-methyl/N-ethyl adjacent to an activating group) is 1. The van der Waals surface area contributed by atoms with Crippen molar-refractivity contribution in [3.8, 4) is 5.75 Å². The summed E-state index contributed by atoms with van der Waals surface area (Å²) >= 11 is 0. The third kappa shape index (κ3) is 16.3. The molecule has 0 aliphatic carbocycles. The average Bonchev–Trinajstić information content (AvgIpc) is 3.22. The van der Waals surface area contributed by atoms with Crippen molar-refractivity contribution in [2.45, 2.75) is 98.7 Å². The molecule has 0 saturated carbocycles. The van der Waals surface area contributed by atoms with Gasteiger partial charge >= 0.3 is 0 Å². The van der Waals surface area contributed by atoms with E-state index in [1.54, 1.807) is 0 Å². The van der Waals surface area contributed by atoms with Crippen molar-refractivity contribution in [1.29, 1.82) is 0 Å². The Hall–Kier alpha value is -4.34. The molecule has 0 fully saturated rings. The van der Waals surface area contributed by atoms with Gasteiger partial charge in [0.25, 0.3) is 0 Å². The SMILES string of the molecule is CN(CC(OCC(C)(C)C)OCC(C)(C)C)[C@H](CO)[C@H](OCc1ccccc1)[C@H](Cc1cccc(OCc2ccccc2)c1)N(Cc1ccccc1)Cc1ccccc1. The Balaban J connectivity index is 1.56. The van der Waals surface area contributed by atoms with E-state index in [0.717, 1.165) is 22.4 Å². The normalized spacial score (nSPS) is 13.8. The molecular weight excluding hydrogens is 733 g/mol. The summed E-state index contributed by atoms with van der Waals surface area (Å²) < 4.78 is 26.5. The van der Waals surface area contributed by atoms with Gasteiger partial charge in [-0.05, 0) is 64.2 Å². The highest BCUT2D eigenvalue weighted by molar-refractivity contribution is 5.30. The molecule has 0 heterocycles. The van der Waals surface area contributed by atoms with Gasteiger partial charge in [0.1, 0.15) is 12.4 Å². The highest BCUT2D eigenvalue weighted by atomic mass is 16.7. The fourth-order valence-electron chi connectivity index (χ4n) is 7.07. The minimum Gasteiger partial charge on any atom is -0.489 e. The molecule has 0 aromatic heterocycles. The van der Waals surface area contributed by atoms with E-state index in [9.17, 15) is 5.11 Å². The standard InChI is InChI=1S/C52H68N2O5/c1-51(2,3)39-58-49(59-40-52(4,5)6)35-53(7)48(36-55)50(57-38-44-27-18-11-19-28-44)47(32-45-29-20-30-46(31-45)56-37-43-25-16-10-17-26-43)54(33-41-21-12-8-13-22-41)34-42-23-14-9-15-24-42/h8-31,47-50,55H,32-40H2,1-7H3/t47-,48+,50+/m0/s1. The van der Waals surface area contributed by atoms with Crippen LogP contribution >= 0.6 is 0 Å². The first-order chi connectivity index (χ1) is 28.3. The van der Waals surface area contributed by atoms with E-state index in [2.05, 4.69) is 162 Å². The molecule has 0 bridgehead atoms. The largest absolute Gasteiger partial charge is 0.489 e. The molecule has 0 spiro atoms. The maximum Gasteiger partial charge on any atom is 0.170 e. The zero-order valence-electron chi connectivity index (χ0n) is 36.5. The van der Waals surface area contributed by atoms with E-state index in [1.807, 2.05) is 42.5 Å². The molecule has 1 N–H and O–H groups in total. The number of hydrogen-bond acceptors (Lipinski definition) is 7. The summed E-state index contributed by atoms with van der Waals surface area (Å²) in [6.45, 7) is 16.7. The predicted molar refractivity (Wildman–Crippen MR) is 240 cm³/mol. The molecule has 5 aromatic rings. The van der Waals surface area contributed by atoms with Crippen LogP contribution in [0.25, 0.3) is 0 Å². The van der Waals surface area contributed by atoms with Crippen LogP contribution in [0.3, 0.4) is 0 Å². The lowest BCUT2D eigenvalue weighted by molar-refractivity contribution is -0.185. The van der Waals surface area contributed by atoms with Gasteiger partial charge < -0.3 is 24.1 Å². The molecular formula is C52H68N2O5. The highest BCUT2D eigenvalue weighted by Crippen LogP contribution is 2.28. The third-order valence-electron chi connectivity index (χ3n) is 10.2. The van der Waals surface area contributed by atoms with Crippen LogP contribution in [-0.2, 0) is 46.9 Å². The maximum absolute atomic E-state index is 11.6. The van der Waals surface area contributed by atoms with Crippen molar-refractivity contribution < 1.29 is 24.1 Å². The Morgan fingerprint density at radius 3 is 1.46 bits per heavy atom. The van der Waals surface area contributed by atoms with E-state index in [0.29, 0.717) is 52.5 Å². The quantitative estimate of drug-likeness (QED) is 0.0660. The average molecular weight is 801 g/mol. The van der Waals surface area contributed by atoms with Crippen molar-refractivity contribution in [2.75, 3.05) is 33.4 Å². The van der Waals surface area contributed by atoms with E-state index in [1.165, 1.54) is 11.1 Å². The summed E-state index contributed by atoms with van der Waals surface area (Å²) in [5.74, 6) is 0.815. The molecule has 3 atom stereocenters. The van der Waals surface area contributed by atoms with Gasteiger partial charge in [-0.15, -0.1) is 0 Å². The predicted octanol–water partition coefficient (Wildman–Crippen LogP) is 10.2. The van der Waals surface area contributed by atoms with Crippen molar-refractivity contribution in [3.05, 3.63) is 173 Å². The van der Waals surface area contributed by atoms with Gasteiger partial charge in [0.2, 0.25) is 0 Å². The minimum absolute atomic E-state index is 0.0422. The van der Waals surface area contributed by atoms with Gasteiger partial charge in [0.05, 0.1) is 38.6 Å². The molecule has 0 saturated heterocycles. The van der Waals surface area contributed by atoms with Crippen molar-refractivity contribution in [2.24, 2.45) is 10.8 Å². The first-order valence-electron chi connectivity index (χ1n) is 21.1. The summed E-state index contributed by atoms with van der Waals surface area (Å²) in [6.07, 6.45) is -0.294. The summed E-state index contributed by atoms with van der Waals surface area (Å²) in [6, 6.07) is 49.7. The molecule has 7 heteroatoms. The summed E-state index contributed by atoms with van der Waals surface area (Å²) in [4.78, 5) is 4.71. The number of hydrogen-bond donors (Lipinski definition) is 1. The maximum atomic E-state index is 11.6. The molecule has 316 valence electrons. The first kappa shape index (κ1) is 45.7. The highest BCUT2D eigenvalue weighted by Gasteiger charge is 2.38. The van der Waals surface area contributed by atoms with Gasteiger partial charge in [-0.3, -0.25) is 9.80 Å². The molecule has 0 aliphatic rings. The second-order valence-corrected chi connectivity index (χ2v) is 18.2. The lowest BCUT2D eigenvalue weighted by Gasteiger charge is -2.43. The number of aliphatic hydroxyl groups excluding tert-OH is 1. The molecule has 5 rings (SSSR count). The molecule has 0 amide bonds. The molecule has 59 heavy (non-hydrogen) atoms. The number of benzene rings is 5. The summed E-state index contributed by atoms with van der Waals surface area (Å²) in [5.41, 5.74) is 5.64. The van der Waals surface area contributed by atoms with E-state index in [-0.39, 0.29) is 23.5 Å². The zero-order valence-corrected chi connectivity index (χ0v) is 36.5. The van der Waals surface area contributed by atoms with Gasteiger partial charge in [0, 0.05) is 25.7 Å². The van der Waals surface area contributed by atoms with Crippen LogP contribution in [0.15, 0.2) is 146 Å². The van der Waals surface area contributed by atoms with E-state index in [4.69, 9.17) is 18.9 Å². The third-order valence-corrected chi connectivity index (χ3v) is 10.2. The zero-order chi connectivity index (χ0) is 42.1. The van der Waals surface area contributed by atoms with Crippen LogP contribution in [0.4, 0.5) is 0 Å². The molecule has 0 unspecified atom stereocenters. The van der Waals surface area contributed by atoms with E-state index < -0.39 is 18.4 Å². The number of ether oxygens (including phenoxy) is 4. The fraction of sp³-hybridized carbons (Fsp3) is 0.423. The Morgan fingerprint density at radius 1 is 0.525 bits per heavy atom. The van der Waals surface area contributed by atoms with Crippen LogP contribution in [0, 0.1) is 10.8 Å². The van der Waals surface area contributed by atoms with Crippen molar-refractivity contribution >= 4 is 0 Å². The lowest BCUT2D eigenvalue weighted by atomic mass is 9.92. The fourth-order valence-corrected chi connectivity index (χ4v) is 7.07. The van der Waals surface area contributed by atoms with Crippen LogP contribution in [-0.4, -0.2) is 72.8 Å². The molecule has 5 aromatic carbocycles. The van der Waals surface area contributed by atoms with Gasteiger partial charge in [-0.1, -0.05) is 175 Å². The first-order valence-corrected chi connectivity index (χ1v) is 21.1. The lowest BCUT2D eigenvalue weighted by Crippen LogP contribution is -2.57. The second-order valence-electron chi connectivity index (χ2n) is 18.2. The molecule has 7 nitrogen and oxygen atoms in total. The monoisotopic (exact) mass is 801 g/mol. The Bertz CT molecular complexity index is 1820. The molecule has 0 radical (unpaired) electrons. The second kappa shape index (κ2) is 22.9. The van der Waals surface area contributed by atoms with Crippen LogP contribution in [0.1, 0.15) is 69.4 Å².